The van der Waals surface area contributed by atoms with Gasteiger partial charge >= 0.3 is 23.0 Å². The van der Waals surface area contributed by atoms with Gasteiger partial charge in [0.2, 0.25) is 0 Å². The molecule has 4 rings (SSSR count). The van der Waals surface area contributed by atoms with E-state index in [-0.39, 0.29) is 57.6 Å². The van der Waals surface area contributed by atoms with Crippen LogP contribution in [0.5, 0.6) is 46.0 Å². The van der Waals surface area contributed by atoms with Crippen molar-refractivity contribution in [1.82, 2.24) is 0 Å². The topological polar surface area (TPSA) is 177 Å². The van der Waals surface area contributed by atoms with Crippen LogP contribution in [0.15, 0.2) is 42.5 Å². The number of rotatable bonds is 3. The molecule has 175 valence electrons. The Bertz CT molecular complexity index is 1200. The van der Waals surface area contributed by atoms with E-state index in [9.17, 15) is 40.5 Å². The molecule has 3 aromatic carbocycles. The van der Waals surface area contributed by atoms with Gasteiger partial charge in [-0.05, 0) is 24.3 Å². The van der Waals surface area contributed by atoms with Gasteiger partial charge in [0.25, 0.3) is 0 Å². The van der Waals surface area contributed by atoms with E-state index < -0.39 is 41.2 Å². The molecular formula is C22H18CuO10+2. The van der Waals surface area contributed by atoms with E-state index in [4.69, 9.17) is 9.47 Å². The predicted molar refractivity (Wildman–Crippen MR) is 107 cm³/mol. The summed E-state index contributed by atoms with van der Waals surface area (Å²) < 4.78 is 11.4. The fourth-order valence-corrected chi connectivity index (χ4v) is 3.48. The largest absolute Gasteiger partial charge is 2.00 e. The van der Waals surface area contributed by atoms with E-state index in [1.165, 1.54) is 24.3 Å². The smallest absolute Gasteiger partial charge is 0.508 e. The number of carbonyl (C=O) groups is 1. The third-order valence-corrected chi connectivity index (χ3v) is 5.06. The van der Waals surface area contributed by atoms with Gasteiger partial charge in [0.1, 0.15) is 23.4 Å². The number of carbonyl (C=O) groups excluding carboxylic acids is 1. The fourth-order valence-electron chi connectivity index (χ4n) is 3.48. The third kappa shape index (κ3) is 4.50. The van der Waals surface area contributed by atoms with E-state index >= 15 is 0 Å². The second-order valence-corrected chi connectivity index (χ2v) is 7.24. The average molecular weight is 506 g/mol. The first-order valence-electron chi connectivity index (χ1n) is 9.33. The number of fused-ring (bicyclic) bond motifs is 1. The van der Waals surface area contributed by atoms with Crippen LogP contribution in [-0.4, -0.2) is 47.8 Å². The van der Waals surface area contributed by atoms with Gasteiger partial charge in [-0.1, -0.05) is 6.07 Å². The number of phenols is 7. The molecule has 7 N–H and O–H groups in total. The Balaban J connectivity index is 0.00000306. The van der Waals surface area contributed by atoms with Gasteiger partial charge in [0.15, 0.2) is 34.9 Å². The summed E-state index contributed by atoms with van der Waals surface area (Å²) in [4.78, 5) is 12.7. The van der Waals surface area contributed by atoms with Gasteiger partial charge in [0, 0.05) is 29.7 Å². The van der Waals surface area contributed by atoms with E-state index in [0.717, 1.165) is 18.2 Å². The van der Waals surface area contributed by atoms with Crippen LogP contribution in [0.4, 0.5) is 0 Å². The number of phenolic OH excluding ortho intramolecular Hbond substituents is 7. The zero-order valence-electron chi connectivity index (χ0n) is 16.6. The number of benzene rings is 3. The minimum absolute atomic E-state index is 0. The molecule has 33 heavy (non-hydrogen) atoms. The van der Waals surface area contributed by atoms with E-state index in [1.807, 2.05) is 0 Å². The van der Waals surface area contributed by atoms with Gasteiger partial charge in [-0.15, -0.1) is 0 Å². The van der Waals surface area contributed by atoms with Crippen molar-refractivity contribution in [3.05, 3.63) is 59.2 Å². The summed E-state index contributed by atoms with van der Waals surface area (Å²) in [7, 11) is 0. The quantitative estimate of drug-likeness (QED) is 0.159. The molecule has 1 radical (unpaired) electrons. The summed E-state index contributed by atoms with van der Waals surface area (Å²) in [5, 5.41) is 68.2. The summed E-state index contributed by atoms with van der Waals surface area (Å²) in [6, 6.07) is 8.07. The van der Waals surface area contributed by atoms with Crippen LogP contribution in [0, 0.1) is 0 Å². The first kappa shape index (κ1) is 23.7. The molecule has 0 saturated carbocycles. The normalized spacial score (nSPS) is 16.7. The van der Waals surface area contributed by atoms with E-state index in [2.05, 4.69) is 0 Å². The standard InChI is InChI=1S/C22H18O10.Cu/c23-11-6-14(25)12-8-19(32-22(30)10-4-16(27)20(29)17(28)5-10)21(31-18(12)7-11)9-1-2-13(24)15(26)3-9;/h1-7,19,21,23-29H,8H2;/q;+2/t19-,21-;/m0./s1. The summed E-state index contributed by atoms with van der Waals surface area (Å²) in [6.07, 6.45) is -2.12. The number of hydrogen-bond acceptors (Lipinski definition) is 10. The monoisotopic (exact) mass is 505 g/mol. The number of hydrogen-bond donors (Lipinski definition) is 7. The fraction of sp³-hybridized carbons (Fsp3) is 0.136. The van der Waals surface area contributed by atoms with Crippen molar-refractivity contribution in [3.8, 4) is 46.0 Å². The summed E-state index contributed by atoms with van der Waals surface area (Å²) in [6.45, 7) is 0. The van der Waals surface area contributed by atoms with Crippen molar-refractivity contribution < 1.29 is 67.1 Å². The molecule has 1 heterocycles. The molecule has 11 heteroatoms. The second-order valence-electron chi connectivity index (χ2n) is 7.24. The molecule has 0 fully saturated rings. The van der Waals surface area contributed by atoms with Crippen molar-refractivity contribution in [1.29, 1.82) is 0 Å². The van der Waals surface area contributed by atoms with Gasteiger partial charge in [-0.3, -0.25) is 0 Å². The van der Waals surface area contributed by atoms with Crippen molar-refractivity contribution in [2.24, 2.45) is 0 Å². The number of ether oxygens (including phenoxy) is 2. The molecule has 2 atom stereocenters. The first-order chi connectivity index (χ1) is 15.1. The molecule has 0 aliphatic carbocycles. The van der Waals surface area contributed by atoms with Gasteiger partial charge in [-0.2, -0.15) is 0 Å². The van der Waals surface area contributed by atoms with Crippen LogP contribution < -0.4 is 4.74 Å². The second kappa shape index (κ2) is 8.89. The predicted octanol–water partition coefficient (Wildman–Crippen LogP) is 2.53. The van der Waals surface area contributed by atoms with Gasteiger partial charge in [-0.25, -0.2) is 4.79 Å². The van der Waals surface area contributed by atoms with Crippen molar-refractivity contribution >= 4 is 5.97 Å². The zero-order chi connectivity index (χ0) is 23.2. The summed E-state index contributed by atoms with van der Waals surface area (Å²) in [5.74, 6) is -4.43. The first-order valence-corrected chi connectivity index (χ1v) is 9.33. The minimum Gasteiger partial charge on any atom is -0.508 e. The Hall–Kier alpha value is -3.95. The molecule has 0 spiro atoms. The third-order valence-electron chi connectivity index (χ3n) is 5.06. The molecule has 3 aromatic rings. The number of esters is 1. The Labute approximate surface area is 197 Å². The molecule has 1 aliphatic heterocycles. The van der Waals surface area contributed by atoms with Crippen LogP contribution in [0.1, 0.15) is 27.6 Å². The summed E-state index contributed by atoms with van der Waals surface area (Å²) in [5.41, 5.74) is 0.324. The van der Waals surface area contributed by atoms with Crippen molar-refractivity contribution in [2.45, 2.75) is 18.6 Å². The van der Waals surface area contributed by atoms with Crippen LogP contribution >= 0.6 is 0 Å². The van der Waals surface area contributed by atoms with Crippen LogP contribution in [0.2, 0.25) is 0 Å². The maximum absolute atomic E-state index is 12.7. The maximum atomic E-state index is 12.7. The molecule has 0 saturated heterocycles. The van der Waals surface area contributed by atoms with Crippen LogP contribution in [-0.2, 0) is 28.2 Å². The average Bonchev–Trinajstić information content (AvgIpc) is 2.73. The maximum Gasteiger partial charge on any atom is 2.00 e. The molecule has 1 aliphatic rings. The molecule has 0 amide bonds. The Kier molecular flexibility index (Phi) is 6.39. The van der Waals surface area contributed by atoms with E-state index in [1.54, 1.807) is 0 Å². The Morgan fingerprint density at radius 1 is 0.818 bits per heavy atom. The van der Waals surface area contributed by atoms with E-state index in [0.29, 0.717) is 5.56 Å². The van der Waals surface area contributed by atoms with Crippen molar-refractivity contribution in [3.63, 3.8) is 0 Å². The Morgan fingerprint density at radius 3 is 2.12 bits per heavy atom. The van der Waals surface area contributed by atoms with Gasteiger partial charge in [0.05, 0.1) is 5.56 Å². The molecule has 0 unspecified atom stereocenters. The zero-order valence-corrected chi connectivity index (χ0v) is 17.5. The van der Waals surface area contributed by atoms with Crippen molar-refractivity contribution in [2.75, 3.05) is 0 Å². The molecular weight excluding hydrogens is 488 g/mol. The molecule has 10 nitrogen and oxygen atoms in total. The van der Waals surface area contributed by atoms with Crippen LogP contribution in [0.25, 0.3) is 0 Å². The summed E-state index contributed by atoms with van der Waals surface area (Å²) >= 11 is 0. The van der Waals surface area contributed by atoms with Gasteiger partial charge < -0.3 is 45.2 Å². The Morgan fingerprint density at radius 2 is 1.48 bits per heavy atom. The van der Waals surface area contributed by atoms with Crippen LogP contribution in [0.3, 0.4) is 0 Å². The molecule has 0 bridgehead atoms. The molecule has 0 aromatic heterocycles. The SMILES string of the molecule is O=C(O[C@H]1Cc2c(O)cc(O)cc2O[C@H]1c1ccc(O)c(O)c1)c1cc(O)c(O)c(O)c1.[Cu+2]. The number of aromatic hydroxyl groups is 7. The minimum atomic E-state index is -1.06.